The van der Waals surface area contributed by atoms with Crippen molar-refractivity contribution in [2.24, 2.45) is 10.4 Å². The monoisotopic (exact) mass is 257 g/mol. The van der Waals surface area contributed by atoms with E-state index < -0.39 is 5.41 Å². The van der Waals surface area contributed by atoms with Gasteiger partial charge >= 0.3 is 5.97 Å². The number of esters is 1. The first-order chi connectivity index (χ1) is 9.19. The summed E-state index contributed by atoms with van der Waals surface area (Å²) in [5.74, 6) is -0.212. The number of nitrogens with zero attached hydrogens (tertiary/aromatic N) is 1. The lowest BCUT2D eigenvalue weighted by molar-refractivity contribution is -0.149. The molecule has 1 aliphatic rings. The minimum Gasteiger partial charge on any atom is -0.465 e. The van der Waals surface area contributed by atoms with Crippen LogP contribution in [0.25, 0.3) is 0 Å². The summed E-state index contributed by atoms with van der Waals surface area (Å²) in [6.45, 7) is 4.76. The van der Waals surface area contributed by atoms with Crippen molar-refractivity contribution in [1.29, 1.82) is 0 Å². The van der Waals surface area contributed by atoms with Gasteiger partial charge in [0.2, 0.25) is 0 Å². The summed E-state index contributed by atoms with van der Waals surface area (Å²) in [6, 6.07) is 9.98. The van der Waals surface area contributed by atoms with Gasteiger partial charge in [0, 0.05) is 5.71 Å². The molecule has 1 heterocycles. The molecular weight excluding hydrogens is 238 g/mol. The maximum absolute atomic E-state index is 12.4. The standard InChI is InChI=1S/C16H19NO2/c1-3-19-15(18)16(10-7-11-17-13(16)2)12-14-8-5-4-6-9-14/h4-10H,3,11-12H2,1-2H3. The number of hydrogen-bond acceptors (Lipinski definition) is 3. The Hall–Kier alpha value is -1.90. The van der Waals surface area contributed by atoms with E-state index in [9.17, 15) is 4.79 Å². The Labute approximate surface area is 114 Å². The molecule has 100 valence electrons. The minimum absolute atomic E-state index is 0.212. The Bertz CT molecular complexity index is 505. The van der Waals surface area contributed by atoms with Crippen LogP contribution in [0.15, 0.2) is 47.5 Å². The summed E-state index contributed by atoms with van der Waals surface area (Å²) >= 11 is 0. The second kappa shape index (κ2) is 5.83. The van der Waals surface area contributed by atoms with Gasteiger partial charge < -0.3 is 4.74 Å². The van der Waals surface area contributed by atoms with Gasteiger partial charge in [-0.2, -0.15) is 0 Å². The predicted octanol–water partition coefficient (Wildman–Crippen LogP) is 2.81. The molecule has 0 aliphatic carbocycles. The van der Waals surface area contributed by atoms with Crippen LogP contribution >= 0.6 is 0 Å². The van der Waals surface area contributed by atoms with Crippen molar-refractivity contribution in [3.8, 4) is 0 Å². The fourth-order valence-electron chi connectivity index (χ4n) is 2.36. The topological polar surface area (TPSA) is 38.7 Å². The van der Waals surface area contributed by atoms with Crippen LogP contribution in [0.3, 0.4) is 0 Å². The Morgan fingerprint density at radius 2 is 2.11 bits per heavy atom. The maximum atomic E-state index is 12.4. The molecule has 1 atom stereocenters. The maximum Gasteiger partial charge on any atom is 0.322 e. The van der Waals surface area contributed by atoms with Gasteiger partial charge in [0.15, 0.2) is 0 Å². The average Bonchev–Trinajstić information content (AvgIpc) is 2.43. The van der Waals surface area contributed by atoms with Gasteiger partial charge in [-0.25, -0.2) is 0 Å². The van der Waals surface area contributed by atoms with E-state index in [-0.39, 0.29) is 5.97 Å². The number of rotatable bonds is 4. The zero-order chi connectivity index (χ0) is 13.7. The molecule has 19 heavy (non-hydrogen) atoms. The third kappa shape index (κ3) is 2.75. The van der Waals surface area contributed by atoms with Crippen LogP contribution in [0, 0.1) is 5.41 Å². The Morgan fingerprint density at radius 3 is 2.74 bits per heavy atom. The van der Waals surface area contributed by atoms with Crippen LogP contribution < -0.4 is 0 Å². The summed E-state index contributed by atoms with van der Waals surface area (Å²) in [7, 11) is 0. The van der Waals surface area contributed by atoms with E-state index in [0.29, 0.717) is 19.6 Å². The van der Waals surface area contributed by atoms with E-state index >= 15 is 0 Å². The summed E-state index contributed by atoms with van der Waals surface area (Å²) in [6.07, 6.45) is 4.48. The van der Waals surface area contributed by atoms with Crippen molar-refractivity contribution < 1.29 is 9.53 Å². The number of hydrogen-bond donors (Lipinski definition) is 0. The number of ether oxygens (including phenoxy) is 1. The molecule has 1 aromatic carbocycles. The van der Waals surface area contributed by atoms with Crippen molar-refractivity contribution in [3.63, 3.8) is 0 Å². The number of benzene rings is 1. The minimum atomic E-state index is -0.740. The van der Waals surface area contributed by atoms with Crippen molar-refractivity contribution in [2.45, 2.75) is 20.3 Å². The van der Waals surface area contributed by atoms with Gasteiger partial charge in [0.05, 0.1) is 13.2 Å². The van der Waals surface area contributed by atoms with Crippen molar-refractivity contribution >= 4 is 11.7 Å². The predicted molar refractivity (Wildman–Crippen MR) is 76.3 cm³/mol. The van der Waals surface area contributed by atoms with Gasteiger partial charge in [-0.3, -0.25) is 9.79 Å². The molecule has 3 heteroatoms. The summed E-state index contributed by atoms with van der Waals surface area (Å²) in [5.41, 5.74) is 1.20. The number of aliphatic imine (C=N–C) groups is 1. The quantitative estimate of drug-likeness (QED) is 0.614. The van der Waals surface area contributed by atoms with Gasteiger partial charge in [0.1, 0.15) is 5.41 Å². The lowest BCUT2D eigenvalue weighted by Gasteiger charge is -2.30. The first-order valence-electron chi connectivity index (χ1n) is 6.59. The van der Waals surface area contributed by atoms with Crippen LogP contribution in [-0.2, 0) is 16.0 Å². The molecule has 2 rings (SSSR count). The SMILES string of the molecule is CCOC(=O)C1(Cc2ccccc2)C=CCN=C1C. The van der Waals surface area contributed by atoms with Gasteiger partial charge in [-0.05, 0) is 25.8 Å². The highest BCUT2D eigenvalue weighted by Crippen LogP contribution is 2.31. The van der Waals surface area contributed by atoms with E-state index in [2.05, 4.69) is 4.99 Å². The molecule has 0 radical (unpaired) electrons. The average molecular weight is 257 g/mol. The second-order valence-electron chi connectivity index (χ2n) is 4.68. The second-order valence-corrected chi connectivity index (χ2v) is 4.68. The summed E-state index contributed by atoms with van der Waals surface area (Å²) in [5, 5.41) is 0. The van der Waals surface area contributed by atoms with E-state index in [1.54, 1.807) is 0 Å². The first kappa shape index (κ1) is 13.5. The van der Waals surface area contributed by atoms with Gasteiger partial charge in [0.25, 0.3) is 0 Å². The van der Waals surface area contributed by atoms with Gasteiger partial charge in [-0.15, -0.1) is 0 Å². The molecule has 1 aliphatic heterocycles. The molecule has 0 fully saturated rings. The summed E-state index contributed by atoms with van der Waals surface area (Å²) < 4.78 is 5.26. The Morgan fingerprint density at radius 1 is 1.37 bits per heavy atom. The van der Waals surface area contributed by atoms with Crippen molar-refractivity contribution in [3.05, 3.63) is 48.0 Å². The molecular formula is C16H19NO2. The highest BCUT2D eigenvalue weighted by atomic mass is 16.5. The number of carbonyl (C=O) groups excluding carboxylic acids is 1. The van der Waals surface area contributed by atoms with Crippen molar-refractivity contribution in [2.75, 3.05) is 13.2 Å². The highest BCUT2D eigenvalue weighted by Gasteiger charge is 2.41. The Balaban J connectivity index is 2.35. The normalized spacial score (nSPS) is 21.9. The number of carbonyl (C=O) groups is 1. The third-order valence-electron chi connectivity index (χ3n) is 3.45. The summed E-state index contributed by atoms with van der Waals surface area (Å²) in [4.78, 5) is 16.8. The zero-order valence-electron chi connectivity index (χ0n) is 11.4. The van der Waals surface area contributed by atoms with Crippen LogP contribution in [0.2, 0.25) is 0 Å². The molecule has 3 nitrogen and oxygen atoms in total. The zero-order valence-corrected chi connectivity index (χ0v) is 11.4. The van der Waals surface area contributed by atoms with Crippen LogP contribution in [0.1, 0.15) is 19.4 Å². The van der Waals surface area contributed by atoms with Gasteiger partial charge in [-0.1, -0.05) is 42.5 Å². The van der Waals surface area contributed by atoms with Crippen LogP contribution in [0.4, 0.5) is 0 Å². The first-order valence-corrected chi connectivity index (χ1v) is 6.59. The van der Waals surface area contributed by atoms with E-state index in [4.69, 9.17) is 4.74 Å². The van der Waals surface area contributed by atoms with Crippen molar-refractivity contribution in [1.82, 2.24) is 0 Å². The molecule has 1 aromatic rings. The molecule has 1 unspecified atom stereocenters. The third-order valence-corrected chi connectivity index (χ3v) is 3.45. The Kier molecular flexibility index (Phi) is 4.15. The van der Waals surface area contributed by atoms with Crippen LogP contribution in [0.5, 0.6) is 0 Å². The molecule has 0 amide bonds. The molecule has 0 spiro atoms. The molecule has 0 N–H and O–H groups in total. The number of dihydropyridines is 1. The molecule has 0 bridgehead atoms. The molecule has 0 saturated heterocycles. The highest BCUT2D eigenvalue weighted by molar-refractivity contribution is 6.08. The van der Waals surface area contributed by atoms with Crippen LogP contribution in [-0.4, -0.2) is 24.8 Å². The fraction of sp³-hybridized carbons (Fsp3) is 0.375. The largest absolute Gasteiger partial charge is 0.465 e. The van der Waals surface area contributed by atoms with E-state index in [1.165, 1.54) is 0 Å². The van der Waals surface area contributed by atoms with E-state index in [0.717, 1.165) is 11.3 Å². The lowest BCUT2D eigenvalue weighted by Crippen LogP contribution is -2.41. The smallest absolute Gasteiger partial charge is 0.322 e. The lowest BCUT2D eigenvalue weighted by atomic mass is 9.76. The molecule has 0 saturated carbocycles. The van der Waals surface area contributed by atoms with E-state index in [1.807, 2.05) is 56.3 Å². The molecule has 0 aromatic heterocycles. The fourth-order valence-corrected chi connectivity index (χ4v) is 2.36.